The van der Waals surface area contributed by atoms with Crippen LogP contribution in [0.4, 0.5) is 10.1 Å². The first-order chi connectivity index (χ1) is 8.82. The van der Waals surface area contributed by atoms with Gasteiger partial charge in [-0.25, -0.2) is 0 Å². The lowest BCUT2D eigenvalue weighted by Gasteiger charge is -2.17. The molecule has 0 heterocycles. The molecule has 6 nitrogen and oxygen atoms in total. The maximum absolute atomic E-state index is 13.1. The molecule has 0 bridgehead atoms. The summed E-state index contributed by atoms with van der Waals surface area (Å²) in [4.78, 5) is 20.4. The molecule has 0 saturated carbocycles. The van der Waals surface area contributed by atoms with Crippen molar-refractivity contribution < 1.29 is 24.3 Å². The average Bonchev–Trinajstić information content (AvgIpc) is 2.35. The van der Waals surface area contributed by atoms with Crippen LogP contribution in [0.3, 0.4) is 0 Å². The fourth-order valence-corrected chi connectivity index (χ4v) is 1.96. The van der Waals surface area contributed by atoms with Crippen molar-refractivity contribution in [1.82, 2.24) is 0 Å². The molecule has 0 aromatic heterocycles. The Morgan fingerprint density at radius 2 is 2.16 bits per heavy atom. The predicted molar refractivity (Wildman–Crippen MR) is 67.2 cm³/mol. The van der Waals surface area contributed by atoms with Gasteiger partial charge >= 0.3 is 5.69 Å². The Kier molecular flexibility index (Phi) is 5.40. The minimum Gasteiger partial charge on any atom is -0.389 e. The van der Waals surface area contributed by atoms with E-state index in [1.165, 1.54) is 6.92 Å². The lowest BCUT2D eigenvalue weighted by atomic mass is 10.0. The molecular formula is C11H12FNO5S. The fourth-order valence-electron chi connectivity index (χ4n) is 1.37. The number of nitro groups is 1. The summed E-state index contributed by atoms with van der Waals surface area (Å²) in [7, 11) is 0. The van der Waals surface area contributed by atoms with E-state index in [1.807, 2.05) is 0 Å². The first kappa shape index (κ1) is 15.5. The summed E-state index contributed by atoms with van der Waals surface area (Å²) in [6.07, 6.45) is -2.70. The summed E-state index contributed by atoms with van der Waals surface area (Å²) in [5, 5.41) is 29.7. The Morgan fingerprint density at radius 1 is 1.53 bits per heavy atom. The van der Waals surface area contributed by atoms with Crippen molar-refractivity contribution >= 4 is 22.6 Å². The van der Waals surface area contributed by atoms with Gasteiger partial charge in [-0.1, -0.05) is 17.8 Å². The van der Waals surface area contributed by atoms with Gasteiger partial charge in [0.15, 0.2) is 5.12 Å². The molecule has 0 spiro atoms. The third-order valence-corrected chi connectivity index (χ3v) is 3.24. The van der Waals surface area contributed by atoms with Crippen molar-refractivity contribution in [2.45, 2.75) is 19.1 Å². The molecule has 0 aliphatic heterocycles. The average molecular weight is 289 g/mol. The summed E-state index contributed by atoms with van der Waals surface area (Å²) in [6.45, 7) is 1.31. The minimum atomic E-state index is -1.42. The van der Waals surface area contributed by atoms with Crippen molar-refractivity contribution in [1.29, 1.82) is 0 Å². The number of benzene rings is 1. The SMILES string of the molecule is CC(=O)SCC(O)C(O)c1ccc(F)c([N+](=O)[O-])c1. The molecular weight excluding hydrogens is 277 g/mol. The van der Waals surface area contributed by atoms with Gasteiger partial charge in [0.05, 0.1) is 11.0 Å². The Bertz CT molecular complexity index is 496. The smallest absolute Gasteiger partial charge is 0.305 e. The van der Waals surface area contributed by atoms with Crippen LogP contribution in [0.25, 0.3) is 0 Å². The van der Waals surface area contributed by atoms with E-state index in [0.29, 0.717) is 0 Å². The maximum Gasteiger partial charge on any atom is 0.305 e. The second kappa shape index (κ2) is 6.60. The number of thioether (sulfide) groups is 1. The van der Waals surface area contributed by atoms with Gasteiger partial charge in [0.2, 0.25) is 5.82 Å². The molecule has 2 atom stereocenters. The number of carbonyl (C=O) groups excluding carboxylic acids is 1. The van der Waals surface area contributed by atoms with E-state index in [1.54, 1.807) is 0 Å². The molecule has 0 radical (unpaired) electrons. The molecule has 0 fully saturated rings. The Balaban J connectivity index is 2.87. The van der Waals surface area contributed by atoms with E-state index < -0.39 is 28.6 Å². The number of aliphatic hydroxyl groups excluding tert-OH is 2. The topological polar surface area (TPSA) is 101 Å². The van der Waals surface area contributed by atoms with Crippen molar-refractivity contribution in [3.05, 3.63) is 39.7 Å². The molecule has 1 aromatic rings. The van der Waals surface area contributed by atoms with E-state index in [0.717, 1.165) is 30.0 Å². The van der Waals surface area contributed by atoms with Gasteiger partial charge in [0, 0.05) is 18.7 Å². The number of halogens is 1. The second-order valence-electron chi connectivity index (χ2n) is 3.78. The third kappa shape index (κ3) is 4.27. The van der Waals surface area contributed by atoms with Crippen LogP contribution in [0, 0.1) is 15.9 Å². The quantitative estimate of drug-likeness (QED) is 0.628. The second-order valence-corrected chi connectivity index (χ2v) is 4.98. The van der Waals surface area contributed by atoms with Crippen molar-refractivity contribution in [2.24, 2.45) is 0 Å². The molecule has 2 unspecified atom stereocenters. The number of hydrogen-bond acceptors (Lipinski definition) is 6. The van der Waals surface area contributed by atoms with E-state index in [9.17, 15) is 29.5 Å². The highest BCUT2D eigenvalue weighted by Gasteiger charge is 2.23. The predicted octanol–water partition coefficient (Wildman–Crippen LogP) is 1.41. The van der Waals surface area contributed by atoms with Crippen molar-refractivity contribution in [3.8, 4) is 0 Å². The molecule has 0 saturated heterocycles. The zero-order chi connectivity index (χ0) is 14.6. The monoisotopic (exact) mass is 289 g/mol. The van der Waals surface area contributed by atoms with Crippen LogP contribution in [-0.2, 0) is 4.79 Å². The summed E-state index contributed by atoms with van der Waals surface area (Å²) in [5.74, 6) is -1.07. The molecule has 0 amide bonds. The normalized spacial score (nSPS) is 13.9. The third-order valence-electron chi connectivity index (χ3n) is 2.33. The first-order valence-corrected chi connectivity index (χ1v) is 6.24. The zero-order valence-electron chi connectivity index (χ0n) is 9.95. The van der Waals surface area contributed by atoms with Crippen LogP contribution in [0.2, 0.25) is 0 Å². The van der Waals surface area contributed by atoms with Gasteiger partial charge in [-0.15, -0.1) is 0 Å². The van der Waals surface area contributed by atoms with Crippen molar-refractivity contribution in [3.63, 3.8) is 0 Å². The van der Waals surface area contributed by atoms with Gasteiger partial charge in [-0.2, -0.15) is 4.39 Å². The highest BCUT2D eigenvalue weighted by atomic mass is 32.2. The lowest BCUT2D eigenvalue weighted by Crippen LogP contribution is -2.21. The Hall–Kier alpha value is -1.51. The van der Waals surface area contributed by atoms with Crippen LogP contribution >= 0.6 is 11.8 Å². The van der Waals surface area contributed by atoms with Gasteiger partial charge in [0.25, 0.3) is 0 Å². The largest absolute Gasteiger partial charge is 0.389 e. The number of nitro benzene ring substituents is 1. The number of aliphatic hydroxyl groups is 2. The van der Waals surface area contributed by atoms with Crippen LogP contribution in [0.5, 0.6) is 0 Å². The van der Waals surface area contributed by atoms with Crippen LogP contribution in [-0.4, -0.2) is 32.1 Å². The van der Waals surface area contributed by atoms with E-state index >= 15 is 0 Å². The summed E-state index contributed by atoms with van der Waals surface area (Å²) in [6, 6.07) is 2.86. The number of rotatable bonds is 5. The van der Waals surface area contributed by atoms with Crippen LogP contribution in [0.1, 0.15) is 18.6 Å². The van der Waals surface area contributed by atoms with Gasteiger partial charge in [0.1, 0.15) is 6.10 Å². The van der Waals surface area contributed by atoms with E-state index in [2.05, 4.69) is 0 Å². The molecule has 19 heavy (non-hydrogen) atoms. The number of carbonyl (C=O) groups is 1. The highest BCUT2D eigenvalue weighted by molar-refractivity contribution is 8.13. The summed E-state index contributed by atoms with van der Waals surface area (Å²) < 4.78 is 13.1. The fraction of sp³-hybridized carbons (Fsp3) is 0.364. The number of nitrogens with zero attached hydrogens (tertiary/aromatic N) is 1. The van der Waals surface area contributed by atoms with E-state index in [4.69, 9.17) is 0 Å². The molecule has 0 aliphatic rings. The minimum absolute atomic E-state index is 0.0183. The zero-order valence-corrected chi connectivity index (χ0v) is 10.8. The summed E-state index contributed by atoms with van der Waals surface area (Å²) >= 11 is 0.819. The van der Waals surface area contributed by atoms with Crippen LogP contribution in [0.15, 0.2) is 18.2 Å². The molecule has 1 rings (SSSR count). The van der Waals surface area contributed by atoms with Gasteiger partial charge in [-0.05, 0) is 11.6 Å². The van der Waals surface area contributed by atoms with Gasteiger partial charge < -0.3 is 10.2 Å². The van der Waals surface area contributed by atoms with Crippen LogP contribution < -0.4 is 0 Å². The molecule has 104 valence electrons. The molecule has 8 heteroatoms. The molecule has 1 aromatic carbocycles. The standard InChI is InChI=1S/C11H12FNO5S/c1-6(14)19-5-10(15)11(16)7-2-3-8(12)9(4-7)13(17)18/h2-4,10-11,15-16H,5H2,1H3. The maximum atomic E-state index is 13.1. The van der Waals surface area contributed by atoms with Crippen molar-refractivity contribution in [2.75, 3.05) is 5.75 Å². The molecule has 0 aliphatic carbocycles. The Morgan fingerprint density at radius 3 is 2.68 bits per heavy atom. The highest BCUT2D eigenvalue weighted by Crippen LogP contribution is 2.25. The van der Waals surface area contributed by atoms with Gasteiger partial charge in [-0.3, -0.25) is 14.9 Å². The lowest BCUT2D eigenvalue weighted by molar-refractivity contribution is -0.387. The first-order valence-electron chi connectivity index (χ1n) is 5.26. The van der Waals surface area contributed by atoms with E-state index in [-0.39, 0.29) is 16.4 Å². The summed E-state index contributed by atoms with van der Waals surface area (Å²) in [5.41, 5.74) is -0.757. The Labute approximate surface area is 112 Å². The number of hydrogen-bond donors (Lipinski definition) is 2. The molecule has 2 N–H and O–H groups in total.